The summed E-state index contributed by atoms with van der Waals surface area (Å²) in [7, 11) is 0. The number of rotatable bonds is 4. The Balaban J connectivity index is 1.78. The van der Waals surface area contributed by atoms with E-state index in [4.69, 9.17) is 16.3 Å². The zero-order valence-corrected chi connectivity index (χ0v) is 14.0. The van der Waals surface area contributed by atoms with E-state index in [1.54, 1.807) is 12.1 Å². The molecule has 0 atom stereocenters. The first-order chi connectivity index (χ1) is 11.1. The number of benzene rings is 1. The van der Waals surface area contributed by atoms with Crippen molar-refractivity contribution < 1.29 is 19.0 Å². The maximum Gasteiger partial charge on any atom is 0.262 e. The van der Waals surface area contributed by atoms with Crippen LogP contribution < -0.4 is 5.32 Å². The summed E-state index contributed by atoms with van der Waals surface area (Å²) in [6.45, 7) is 1.49. The lowest BCUT2D eigenvalue weighted by atomic mass is 9.81. The molecule has 1 aliphatic rings. The number of thiophene rings is 1. The second-order valence-corrected chi connectivity index (χ2v) is 7.24. The Bertz CT molecular complexity index is 727. The van der Waals surface area contributed by atoms with Gasteiger partial charge >= 0.3 is 0 Å². The Morgan fingerprint density at radius 3 is 2.83 bits per heavy atom. The van der Waals surface area contributed by atoms with Crippen molar-refractivity contribution in [1.29, 1.82) is 0 Å². The van der Waals surface area contributed by atoms with E-state index in [9.17, 15) is 14.3 Å². The van der Waals surface area contributed by atoms with Gasteiger partial charge in [0.1, 0.15) is 10.7 Å². The molecular formula is C16H17ClFNO3S. The van der Waals surface area contributed by atoms with E-state index in [2.05, 4.69) is 5.32 Å². The highest BCUT2D eigenvalue weighted by Gasteiger charge is 2.33. The highest BCUT2D eigenvalue weighted by atomic mass is 35.5. The minimum Gasteiger partial charge on any atom is -0.396 e. The van der Waals surface area contributed by atoms with Crippen molar-refractivity contribution in [3.05, 3.63) is 33.9 Å². The molecular weight excluding hydrogens is 341 g/mol. The average Bonchev–Trinajstić information content (AvgIpc) is 2.92. The summed E-state index contributed by atoms with van der Waals surface area (Å²) in [5.74, 6) is -0.769. The minimum atomic E-state index is -0.431. The summed E-state index contributed by atoms with van der Waals surface area (Å²) in [5.41, 5.74) is -0.359. The van der Waals surface area contributed by atoms with Crippen LogP contribution in [0, 0.1) is 11.2 Å². The minimum absolute atomic E-state index is 0.00852. The van der Waals surface area contributed by atoms with Gasteiger partial charge < -0.3 is 15.2 Å². The molecule has 23 heavy (non-hydrogen) atoms. The van der Waals surface area contributed by atoms with E-state index < -0.39 is 5.82 Å². The second kappa shape index (κ2) is 6.73. The number of carbonyl (C=O) groups excluding carboxylic acids is 1. The SMILES string of the molecule is O=C(NCC1(CO)CCOCC1)c1sc2cccc(F)c2c1Cl. The first-order valence-electron chi connectivity index (χ1n) is 7.40. The number of halogens is 2. The number of hydrogen-bond donors (Lipinski definition) is 2. The molecule has 4 nitrogen and oxygen atoms in total. The lowest BCUT2D eigenvalue weighted by molar-refractivity contribution is -0.0146. The van der Waals surface area contributed by atoms with E-state index in [1.165, 1.54) is 17.4 Å². The molecule has 1 aromatic heterocycles. The molecule has 124 valence electrons. The van der Waals surface area contributed by atoms with Crippen LogP contribution in [0.3, 0.4) is 0 Å². The van der Waals surface area contributed by atoms with Crippen molar-refractivity contribution in [3.63, 3.8) is 0 Å². The summed E-state index contributed by atoms with van der Waals surface area (Å²) in [6.07, 6.45) is 1.39. The van der Waals surface area contributed by atoms with Crippen molar-refractivity contribution in [2.45, 2.75) is 12.8 Å². The molecule has 0 saturated carbocycles. The number of amides is 1. The first-order valence-corrected chi connectivity index (χ1v) is 8.59. The Morgan fingerprint density at radius 2 is 2.17 bits per heavy atom. The van der Waals surface area contributed by atoms with Gasteiger partial charge in [-0.25, -0.2) is 4.39 Å². The third-order valence-corrected chi connectivity index (χ3v) is 5.97. The Hall–Kier alpha value is -1.21. The highest BCUT2D eigenvalue weighted by Crippen LogP contribution is 2.37. The number of hydrogen-bond acceptors (Lipinski definition) is 4. The molecule has 0 radical (unpaired) electrons. The van der Waals surface area contributed by atoms with Gasteiger partial charge in [0.25, 0.3) is 5.91 Å². The molecule has 1 amide bonds. The van der Waals surface area contributed by atoms with Crippen LogP contribution in [0.4, 0.5) is 4.39 Å². The lowest BCUT2D eigenvalue weighted by Gasteiger charge is -2.35. The Morgan fingerprint density at radius 1 is 1.43 bits per heavy atom. The molecule has 0 bridgehead atoms. The van der Waals surface area contributed by atoms with Crippen LogP contribution >= 0.6 is 22.9 Å². The van der Waals surface area contributed by atoms with Gasteiger partial charge in [0, 0.05) is 35.3 Å². The third kappa shape index (κ3) is 3.21. The van der Waals surface area contributed by atoms with Gasteiger partial charge in [0.2, 0.25) is 0 Å². The van der Waals surface area contributed by atoms with Gasteiger partial charge in [-0.05, 0) is 25.0 Å². The molecule has 0 aliphatic carbocycles. The van der Waals surface area contributed by atoms with E-state index in [-0.39, 0.29) is 28.3 Å². The molecule has 1 aromatic carbocycles. The average molecular weight is 358 g/mol. The zero-order chi connectivity index (χ0) is 16.4. The molecule has 2 N–H and O–H groups in total. The van der Waals surface area contributed by atoms with Crippen molar-refractivity contribution in [1.82, 2.24) is 5.32 Å². The molecule has 2 aromatic rings. The monoisotopic (exact) mass is 357 g/mol. The summed E-state index contributed by atoms with van der Waals surface area (Å²) in [5, 5.41) is 12.9. The van der Waals surface area contributed by atoms with Crippen molar-refractivity contribution >= 4 is 38.9 Å². The Kier molecular flexibility index (Phi) is 4.87. The largest absolute Gasteiger partial charge is 0.396 e. The number of aliphatic hydroxyl groups is 1. The Labute approximate surface area is 142 Å². The van der Waals surface area contributed by atoms with Crippen LogP contribution in [-0.4, -0.2) is 37.4 Å². The van der Waals surface area contributed by atoms with Gasteiger partial charge in [-0.2, -0.15) is 0 Å². The van der Waals surface area contributed by atoms with Crippen LogP contribution in [-0.2, 0) is 4.74 Å². The van der Waals surface area contributed by atoms with Gasteiger partial charge in [-0.1, -0.05) is 17.7 Å². The van der Waals surface area contributed by atoms with Gasteiger partial charge in [0.05, 0.1) is 11.6 Å². The normalized spacial score (nSPS) is 17.3. The van der Waals surface area contributed by atoms with E-state index in [0.717, 1.165) is 0 Å². The van der Waals surface area contributed by atoms with E-state index in [0.29, 0.717) is 42.2 Å². The van der Waals surface area contributed by atoms with Crippen molar-refractivity contribution in [2.24, 2.45) is 5.41 Å². The summed E-state index contributed by atoms with van der Waals surface area (Å²) < 4.78 is 19.8. The van der Waals surface area contributed by atoms with Crippen LogP contribution in [0.1, 0.15) is 22.5 Å². The number of aliphatic hydroxyl groups excluding tert-OH is 1. The predicted octanol–water partition coefficient (Wildman–Crippen LogP) is 3.21. The fraction of sp³-hybridized carbons (Fsp3) is 0.438. The molecule has 2 heterocycles. The van der Waals surface area contributed by atoms with Crippen LogP contribution in [0.2, 0.25) is 5.02 Å². The summed E-state index contributed by atoms with van der Waals surface area (Å²) in [4.78, 5) is 12.7. The van der Waals surface area contributed by atoms with Gasteiger partial charge in [-0.15, -0.1) is 11.3 Å². The summed E-state index contributed by atoms with van der Waals surface area (Å²) in [6, 6.07) is 4.65. The quantitative estimate of drug-likeness (QED) is 0.883. The highest BCUT2D eigenvalue weighted by molar-refractivity contribution is 7.21. The smallest absolute Gasteiger partial charge is 0.262 e. The van der Waals surface area contributed by atoms with Gasteiger partial charge in [0.15, 0.2) is 0 Å². The van der Waals surface area contributed by atoms with E-state index >= 15 is 0 Å². The molecule has 7 heteroatoms. The number of ether oxygens (including phenoxy) is 1. The second-order valence-electron chi connectivity index (χ2n) is 5.81. The molecule has 0 unspecified atom stereocenters. The molecule has 0 spiro atoms. The van der Waals surface area contributed by atoms with Crippen LogP contribution in [0.25, 0.3) is 10.1 Å². The number of fused-ring (bicyclic) bond motifs is 1. The topological polar surface area (TPSA) is 58.6 Å². The number of carbonyl (C=O) groups is 1. The molecule has 1 aliphatic heterocycles. The molecule has 1 fully saturated rings. The zero-order valence-electron chi connectivity index (χ0n) is 12.4. The van der Waals surface area contributed by atoms with Crippen molar-refractivity contribution in [3.8, 4) is 0 Å². The maximum atomic E-state index is 13.9. The third-order valence-electron chi connectivity index (χ3n) is 4.33. The molecule has 1 saturated heterocycles. The first kappa shape index (κ1) is 16.6. The predicted molar refractivity (Wildman–Crippen MR) is 88.7 cm³/mol. The maximum absolute atomic E-state index is 13.9. The summed E-state index contributed by atoms with van der Waals surface area (Å²) >= 11 is 7.36. The van der Waals surface area contributed by atoms with Crippen molar-refractivity contribution in [2.75, 3.05) is 26.4 Å². The fourth-order valence-corrected chi connectivity index (χ4v) is 4.23. The van der Waals surface area contributed by atoms with Gasteiger partial charge in [-0.3, -0.25) is 4.79 Å². The fourth-order valence-electron chi connectivity index (χ4n) is 2.76. The van der Waals surface area contributed by atoms with Crippen LogP contribution in [0.5, 0.6) is 0 Å². The van der Waals surface area contributed by atoms with E-state index in [1.807, 2.05) is 0 Å². The lowest BCUT2D eigenvalue weighted by Crippen LogP contribution is -2.43. The standard InChI is InChI=1S/C16H17ClFNO3S/c17-13-12-10(18)2-1-3-11(12)23-14(13)15(21)19-8-16(9-20)4-6-22-7-5-16/h1-3,20H,4-9H2,(H,19,21). The number of nitrogens with one attached hydrogen (secondary N) is 1. The molecule has 3 rings (SSSR count). The van der Waals surface area contributed by atoms with Crippen LogP contribution in [0.15, 0.2) is 18.2 Å².